The molecule has 2 saturated heterocycles. The number of anilines is 1. The van der Waals surface area contributed by atoms with Gasteiger partial charge in [-0.2, -0.15) is 9.97 Å². The first kappa shape index (κ1) is 24.6. The SMILES string of the molecule is CN1CC[C@@H](Oc2nc(NC3CCC3)cc(C(=O)N3CC[C@@H](N4CCc5ccccc5C4)[C@H](O)C3)n2)C1. The number of aromatic nitrogens is 2. The van der Waals surface area contributed by atoms with Gasteiger partial charge in [0.1, 0.15) is 17.6 Å². The second kappa shape index (κ2) is 10.6. The van der Waals surface area contributed by atoms with Crippen LogP contribution in [-0.2, 0) is 13.0 Å². The molecule has 1 aromatic carbocycles. The van der Waals surface area contributed by atoms with Crippen LogP contribution in [-0.4, -0.2) is 99.7 Å². The van der Waals surface area contributed by atoms with E-state index in [1.54, 1.807) is 11.0 Å². The summed E-state index contributed by atoms with van der Waals surface area (Å²) < 4.78 is 6.11. The molecule has 9 nitrogen and oxygen atoms in total. The summed E-state index contributed by atoms with van der Waals surface area (Å²) in [6.07, 6.45) is 5.52. The number of hydrogen-bond acceptors (Lipinski definition) is 8. The number of hydrogen-bond donors (Lipinski definition) is 2. The number of rotatable bonds is 6. The summed E-state index contributed by atoms with van der Waals surface area (Å²) in [5.41, 5.74) is 3.07. The molecule has 1 aliphatic carbocycles. The third-order valence-electron chi connectivity index (χ3n) is 8.46. The van der Waals surface area contributed by atoms with E-state index < -0.39 is 6.10 Å². The minimum Gasteiger partial charge on any atom is -0.459 e. The number of ether oxygens (including phenoxy) is 1. The van der Waals surface area contributed by atoms with Crippen LogP contribution in [0.2, 0.25) is 0 Å². The quantitative estimate of drug-likeness (QED) is 0.616. The summed E-state index contributed by atoms with van der Waals surface area (Å²) in [5, 5.41) is 14.6. The van der Waals surface area contributed by atoms with E-state index in [-0.39, 0.29) is 24.1 Å². The Balaban J connectivity index is 1.14. The maximum atomic E-state index is 13.6. The van der Waals surface area contributed by atoms with Gasteiger partial charge < -0.3 is 25.0 Å². The molecular weight excluding hydrogens is 468 g/mol. The Morgan fingerprint density at radius 3 is 2.62 bits per heavy atom. The van der Waals surface area contributed by atoms with Gasteiger partial charge in [0.25, 0.3) is 5.91 Å². The van der Waals surface area contributed by atoms with Crippen LogP contribution in [0.3, 0.4) is 0 Å². The maximum Gasteiger partial charge on any atom is 0.319 e. The molecule has 198 valence electrons. The fourth-order valence-electron chi connectivity index (χ4n) is 6.06. The average Bonchev–Trinajstić information content (AvgIpc) is 3.29. The number of fused-ring (bicyclic) bond motifs is 1. The molecule has 4 heterocycles. The Morgan fingerprint density at radius 2 is 1.89 bits per heavy atom. The van der Waals surface area contributed by atoms with E-state index in [9.17, 15) is 9.90 Å². The Morgan fingerprint density at radius 1 is 1.05 bits per heavy atom. The number of β-amino-alcohol motifs (C(OH)–C–C–N with tert-alkyl or cyclic N) is 1. The number of nitrogens with zero attached hydrogens (tertiary/aromatic N) is 5. The lowest BCUT2D eigenvalue weighted by Crippen LogP contribution is -2.56. The van der Waals surface area contributed by atoms with Crippen LogP contribution in [0.5, 0.6) is 6.01 Å². The van der Waals surface area contributed by atoms with E-state index in [2.05, 4.69) is 56.4 Å². The van der Waals surface area contributed by atoms with Gasteiger partial charge in [-0.3, -0.25) is 9.69 Å². The first-order chi connectivity index (χ1) is 18.0. The van der Waals surface area contributed by atoms with Crippen LogP contribution in [0.15, 0.2) is 30.3 Å². The summed E-state index contributed by atoms with van der Waals surface area (Å²) in [5.74, 6) is 0.473. The molecule has 0 unspecified atom stereocenters. The standard InChI is InChI=1S/C28H38N6O3/c1-32-12-10-22(17-32)37-28-30-23(15-26(31-28)29-21-7-4-8-21)27(36)34-14-11-24(25(35)18-34)33-13-9-19-5-2-3-6-20(19)16-33/h2-3,5-6,15,21-22,24-25,35H,4,7-14,16-18H2,1H3,(H,29,30,31)/t22-,24-,25-/m1/s1. The van der Waals surface area contributed by atoms with Crippen molar-refractivity contribution < 1.29 is 14.6 Å². The number of likely N-dealkylation sites (N-methyl/N-ethyl adjacent to an activating group) is 1. The largest absolute Gasteiger partial charge is 0.459 e. The molecule has 37 heavy (non-hydrogen) atoms. The van der Waals surface area contributed by atoms with Crippen molar-refractivity contribution in [3.05, 3.63) is 47.2 Å². The molecule has 6 rings (SSSR count). The molecule has 3 atom stereocenters. The zero-order valence-corrected chi connectivity index (χ0v) is 21.7. The molecule has 9 heteroatoms. The number of aliphatic hydroxyl groups is 1. The van der Waals surface area contributed by atoms with Gasteiger partial charge in [-0.15, -0.1) is 0 Å². The van der Waals surface area contributed by atoms with Gasteiger partial charge in [0.05, 0.1) is 6.10 Å². The smallest absolute Gasteiger partial charge is 0.319 e. The van der Waals surface area contributed by atoms with Gasteiger partial charge in [0.15, 0.2) is 0 Å². The molecule has 1 saturated carbocycles. The van der Waals surface area contributed by atoms with Crippen LogP contribution < -0.4 is 10.1 Å². The molecule has 0 radical (unpaired) electrons. The van der Waals surface area contributed by atoms with E-state index in [0.717, 1.165) is 58.3 Å². The number of amides is 1. The summed E-state index contributed by atoms with van der Waals surface area (Å²) in [6.45, 7) is 4.49. The maximum absolute atomic E-state index is 13.6. The van der Waals surface area contributed by atoms with E-state index in [4.69, 9.17) is 4.74 Å². The monoisotopic (exact) mass is 506 g/mol. The van der Waals surface area contributed by atoms with E-state index in [0.29, 0.717) is 30.6 Å². The first-order valence-electron chi connectivity index (χ1n) is 13.8. The molecule has 0 bridgehead atoms. The van der Waals surface area contributed by atoms with Crippen LogP contribution >= 0.6 is 0 Å². The Kier molecular flexibility index (Phi) is 7.01. The van der Waals surface area contributed by atoms with Crippen LogP contribution in [0.1, 0.15) is 53.7 Å². The lowest BCUT2D eigenvalue weighted by Gasteiger charge is -2.43. The molecule has 2 N–H and O–H groups in total. The Hall–Kier alpha value is -2.75. The highest BCUT2D eigenvalue weighted by Crippen LogP contribution is 2.27. The van der Waals surface area contributed by atoms with Crippen molar-refractivity contribution in [2.45, 2.75) is 69.4 Å². The van der Waals surface area contributed by atoms with E-state index in [1.165, 1.54) is 17.5 Å². The lowest BCUT2D eigenvalue weighted by molar-refractivity contribution is -0.0139. The summed E-state index contributed by atoms with van der Waals surface area (Å²) in [6, 6.07) is 11.0. The normalized spacial score (nSPS) is 27.0. The number of piperidine rings is 1. The molecule has 1 aromatic heterocycles. The van der Waals surface area contributed by atoms with Crippen molar-refractivity contribution >= 4 is 11.7 Å². The second-order valence-corrected chi connectivity index (χ2v) is 11.1. The van der Waals surface area contributed by atoms with Crippen molar-refractivity contribution in [2.24, 2.45) is 0 Å². The third-order valence-corrected chi connectivity index (χ3v) is 8.46. The molecule has 0 spiro atoms. The van der Waals surface area contributed by atoms with Crippen LogP contribution in [0.4, 0.5) is 5.82 Å². The number of benzene rings is 1. The second-order valence-electron chi connectivity index (χ2n) is 11.1. The van der Waals surface area contributed by atoms with Crippen molar-refractivity contribution in [3.63, 3.8) is 0 Å². The fraction of sp³-hybridized carbons (Fsp3) is 0.607. The molecule has 2 aromatic rings. The minimum absolute atomic E-state index is 0.0270. The number of nitrogens with one attached hydrogen (secondary N) is 1. The van der Waals surface area contributed by atoms with Gasteiger partial charge in [-0.1, -0.05) is 24.3 Å². The van der Waals surface area contributed by atoms with E-state index >= 15 is 0 Å². The lowest BCUT2D eigenvalue weighted by atomic mass is 9.93. The number of carbonyl (C=O) groups is 1. The molecule has 3 fully saturated rings. The molecule has 4 aliphatic rings. The summed E-state index contributed by atoms with van der Waals surface area (Å²) in [7, 11) is 2.07. The highest BCUT2D eigenvalue weighted by atomic mass is 16.5. The third kappa shape index (κ3) is 5.44. The fourth-order valence-corrected chi connectivity index (χ4v) is 6.06. The predicted octanol–water partition coefficient (Wildman–Crippen LogP) is 2.16. The highest BCUT2D eigenvalue weighted by Gasteiger charge is 2.36. The number of carbonyl (C=O) groups excluding carboxylic acids is 1. The number of likely N-dealkylation sites (tertiary alicyclic amines) is 2. The highest BCUT2D eigenvalue weighted by molar-refractivity contribution is 5.93. The van der Waals surface area contributed by atoms with Crippen molar-refractivity contribution in [1.82, 2.24) is 24.7 Å². The number of aliphatic hydroxyl groups excluding tert-OH is 1. The zero-order valence-electron chi connectivity index (χ0n) is 21.7. The van der Waals surface area contributed by atoms with Crippen LogP contribution in [0, 0.1) is 0 Å². The molecule has 3 aliphatic heterocycles. The van der Waals surface area contributed by atoms with Crippen molar-refractivity contribution in [2.75, 3.05) is 45.1 Å². The first-order valence-corrected chi connectivity index (χ1v) is 13.8. The van der Waals surface area contributed by atoms with Gasteiger partial charge in [0, 0.05) is 57.4 Å². The Labute approximate surface area is 218 Å². The molecule has 1 amide bonds. The topological polar surface area (TPSA) is 94.1 Å². The minimum atomic E-state index is -0.595. The van der Waals surface area contributed by atoms with Crippen molar-refractivity contribution in [3.8, 4) is 6.01 Å². The van der Waals surface area contributed by atoms with Gasteiger partial charge >= 0.3 is 6.01 Å². The predicted molar refractivity (Wildman–Crippen MR) is 141 cm³/mol. The summed E-state index contributed by atoms with van der Waals surface area (Å²) in [4.78, 5) is 29.0. The van der Waals surface area contributed by atoms with Gasteiger partial charge in [-0.05, 0) is 56.7 Å². The Bertz CT molecular complexity index is 1120. The van der Waals surface area contributed by atoms with Crippen LogP contribution in [0.25, 0.3) is 0 Å². The van der Waals surface area contributed by atoms with Gasteiger partial charge in [-0.25, -0.2) is 0 Å². The van der Waals surface area contributed by atoms with E-state index in [1.807, 2.05) is 0 Å². The van der Waals surface area contributed by atoms with Crippen molar-refractivity contribution in [1.29, 1.82) is 0 Å². The molecular formula is C28H38N6O3. The van der Waals surface area contributed by atoms with Gasteiger partial charge in [0.2, 0.25) is 0 Å². The summed E-state index contributed by atoms with van der Waals surface area (Å²) >= 11 is 0. The average molecular weight is 507 g/mol. The zero-order chi connectivity index (χ0) is 25.4.